The summed E-state index contributed by atoms with van der Waals surface area (Å²) in [6.07, 6.45) is 3.83. The van der Waals surface area contributed by atoms with Gasteiger partial charge in [0.1, 0.15) is 0 Å². The van der Waals surface area contributed by atoms with Crippen LogP contribution >= 0.6 is 0 Å². The number of fused-ring (bicyclic) bond motifs is 2. The molecule has 0 unspecified atom stereocenters. The number of primary amides is 1. The summed E-state index contributed by atoms with van der Waals surface area (Å²) in [5.41, 5.74) is 13.0. The van der Waals surface area contributed by atoms with Gasteiger partial charge in [0.15, 0.2) is 0 Å². The van der Waals surface area contributed by atoms with Crippen molar-refractivity contribution in [1.82, 2.24) is 19.7 Å². The number of carbonyl (C=O) groups excluding carboxylic acids is 1. The molecule has 7 heteroatoms. The van der Waals surface area contributed by atoms with Gasteiger partial charge in [-0.1, -0.05) is 30.3 Å². The summed E-state index contributed by atoms with van der Waals surface area (Å²) < 4.78 is 1.96. The summed E-state index contributed by atoms with van der Waals surface area (Å²) in [5, 5.41) is 10.9. The van der Waals surface area contributed by atoms with E-state index in [2.05, 4.69) is 75.3 Å². The van der Waals surface area contributed by atoms with Gasteiger partial charge in [0, 0.05) is 45.3 Å². The Morgan fingerprint density at radius 3 is 2.44 bits per heavy atom. The van der Waals surface area contributed by atoms with Crippen molar-refractivity contribution in [2.45, 2.75) is 64.6 Å². The molecule has 0 radical (unpaired) electrons. The van der Waals surface area contributed by atoms with Gasteiger partial charge in [0.2, 0.25) is 0 Å². The molecule has 0 spiro atoms. The first kappa shape index (κ1) is 27.0. The molecule has 3 heterocycles. The van der Waals surface area contributed by atoms with Crippen molar-refractivity contribution in [3.05, 3.63) is 84.2 Å². The lowest BCUT2D eigenvalue weighted by atomic mass is 9.77. The van der Waals surface area contributed by atoms with E-state index in [1.807, 2.05) is 54.2 Å². The van der Waals surface area contributed by atoms with Crippen molar-refractivity contribution in [1.29, 1.82) is 0 Å². The van der Waals surface area contributed by atoms with Crippen LogP contribution in [-0.2, 0) is 0 Å². The third-order valence-electron chi connectivity index (χ3n) is 8.96. The van der Waals surface area contributed by atoms with Crippen molar-refractivity contribution in [2.24, 2.45) is 5.73 Å². The quantitative estimate of drug-likeness (QED) is 0.256. The number of likely N-dealkylation sites (tertiary alicyclic amines) is 1. The molecule has 1 aliphatic rings. The summed E-state index contributed by atoms with van der Waals surface area (Å²) in [7, 11) is 2.19. The molecule has 3 aromatic carbocycles. The smallest absolute Gasteiger partial charge is 0.250 e. The number of nitrogens with zero attached hydrogens (tertiary/aromatic N) is 4. The minimum atomic E-state index is -0.446. The lowest BCUT2D eigenvalue weighted by Gasteiger charge is -2.54. The van der Waals surface area contributed by atoms with Crippen molar-refractivity contribution in [2.75, 3.05) is 12.4 Å². The number of nitrogens with two attached hydrogens (primary N) is 1. The van der Waals surface area contributed by atoms with Gasteiger partial charge in [-0.2, -0.15) is 5.10 Å². The molecule has 1 saturated heterocycles. The SMILES string of the molecule is Cc1nn(-c2ccc(C(N)=O)c(NC3CC(C)(C)N(C)C(C)(C)C3)c2)c2cccc(-c3cnc4ccccc4c3)c12. The minimum Gasteiger partial charge on any atom is -0.381 e. The minimum absolute atomic E-state index is 0.00718. The Kier molecular flexibility index (Phi) is 6.38. The summed E-state index contributed by atoms with van der Waals surface area (Å²) in [4.78, 5) is 19.6. The number of nitrogens with one attached hydrogen (secondary N) is 1. The maximum atomic E-state index is 12.5. The van der Waals surface area contributed by atoms with Crippen molar-refractivity contribution >= 4 is 33.4 Å². The number of anilines is 1. The van der Waals surface area contributed by atoms with E-state index in [-0.39, 0.29) is 17.1 Å². The molecule has 3 N–H and O–H groups in total. The average Bonchev–Trinajstić information content (AvgIpc) is 3.27. The number of rotatable bonds is 5. The van der Waals surface area contributed by atoms with Gasteiger partial charge in [-0.3, -0.25) is 14.7 Å². The fourth-order valence-corrected chi connectivity index (χ4v) is 6.70. The van der Waals surface area contributed by atoms with E-state index >= 15 is 0 Å². The van der Waals surface area contributed by atoms with Crippen LogP contribution in [0.15, 0.2) is 72.9 Å². The Morgan fingerprint density at radius 2 is 1.71 bits per heavy atom. The maximum Gasteiger partial charge on any atom is 0.250 e. The first-order chi connectivity index (χ1) is 19.4. The molecule has 0 aliphatic carbocycles. The third-order valence-corrected chi connectivity index (χ3v) is 8.96. The number of benzene rings is 3. The molecule has 0 bridgehead atoms. The number of hydrogen-bond acceptors (Lipinski definition) is 5. The van der Waals surface area contributed by atoms with Gasteiger partial charge in [0.25, 0.3) is 5.91 Å². The predicted molar refractivity (Wildman–Crippen MR) is 168 cm³/mol. The second-order valence-corrected chi connectivity index (χ2v) is 12.6. The highest BCUT2D eigenvalue weighted by Crippen LogP contribution is 2.39. The molecule has 0 atom stereocenters. The topological polar surface area (TPSA) is 89.1 Å². The highest BCUT2D eigenvalue weighted by atomic mass is 16.1. The second kappa shape index (κ2) is 9.70. The van der Waals surface area contributed by atoms with Crippen LogP contribution < -0.4 is 11.1 Å². The van der Waals surface area contributed by atoms with E-state index in [4.69, 9.17) is 15.8 Å². The maximum absolute atomic E-state index is 12.5. The molecule has 1 amide bonds. The molecule has 1 fully saturated rings. The number of piperidine rings is 1. The van der Waals surface area contributed by atoms with Crippen LogP contribution in [0.3, 0.4) is 0 Å². The van der Waals surface area contributed by atoms with Crippen molar-refractivity contribution in [3.63, 3.8) is 0 Å². The summed E-state index contributed by atoms with van der Waals surface area (Å²) >= 11 is 0. The van der Waals surface area contributed by atoms with Gasteiger partial charge in [-0.05, 0) is 96.5 Å². The highest BCUT2D eigenvalue weighted by molar-refractivity contribution is 6.00. The Balaban J connectivity index is 1.42. The zero-order chi connectivity index (χ0) is 29.1. The first-order valence-corrected chi connectivity index (χ1v) is 14.2. The first-order valence-electron chi connectivity index (χ1n) is 14.2. The van der Waals surface area contributed by atoms with Crippen LogP contribution in [0.25, 0.3) is 38.6 Å². The highest BCUT2D eigenvalue weighted by Gasteiger charge is 2.43. The normalized spacial score (nSPS) is 17.2. The van der Waals surface area contributed by atoms with Crippen LogP contribution in [0.2, 0.25) is 0 Å². The zero-order valence-corrected chi connectivity index (χ0v) is 24.7. The third kappa shape index (κ3) is 4.74. The van der Waals surface area contributed by atoms with Crippen LogP contribution in [0.1, 0.15) is 56.6 Å². The Labute approximate surface area is 241 Å². The fraction of sp³-hybridized carbons (Fsp3) is 0.324. The molecule has 41 heavy (non-hydrogen) atoms. The van der Waals surface area contributed by atoms with Crippen molar-refractivity contribution < 1.29 is 4.79 Å². The Bertz CT molecular complexity index is 1780. The van der Waals surface area contributed by atoms with Crippen LogP contribution in [0.4, 0.5) is 5.69 Å². The summed E-state index contributed by atoms with van der Waals surface area (Å²) in [6, 6.07) is 22.5. The number of amides is 1. The molecule has 2 aromatic heterocycles. The van der Waals surface area contributed by atoms with E-state index < -0.39 is 5.91 Å². The van der Waals surface area contributed by atoms with Gasteiger partial charge in [0.05, 0.1) is 28.0 Å². The number of aromatic nitrogens is 3. The van der Waals surface area contributed by atoms with Gasteiger partial charge >= 0.3 is 0 Å². The molecule has 210 valence electrons. The molecule has 1 aliphatic heterocycles. The molecular formula is C34H38N6O. The molecule has 6 rings (SSSR count). The fourth-order valence-electron chi connectivity index (χ4n) is 6.70. The standard InChI is InChI=1S/C34H38N6O/c1-21-31-26(23-16-22-10-7-8-12-28(22)36-20-23)11-9-13-30(31)40(38-21)25-14-15-27(32(35)41)29(17-25)37-24-18-33(2,3)39(6)34(4,5)19-24/h7-17,20,24,37H,18-19H2,1-6H3,(H2,35,41). The van der Waals surface area contributed by atoms with Gasteiger partial charge < -0.3 is 11.1 Å². The van der Waals surface area contributed by atoms with E-state index in [1.54, 1.807) is 0 Å². The zero-order valence-electron chi connectivity index (χ0n) is 24.7. The van der Waals surface area contributed by atoms with E-state index in [0.29, 0.717) is 5.56 Å². The van der Waals surface area contributed by atoms with Gasteiger partial charge in [-0.25, -0.2) is 4.68 Å². The monoisotopic (exact) mass is 546 g/mol. The van der Waals surface area contributed by atoms with E-state index in [9.17, 15) is 4.79 Å². The molecule has 0 saturated carbocycles. The van der Waals surface area contributed by atoms with E-state index in [1.165, 1.54) is 0 Å². The number of pyridine rings is 1. The number of aryl methyl sites for hydroxylation is 1. The van der Waals surface area contributed by atoms with E-state index in [0.717, 1.165) is 62.8 Å². The lowest BCUT2D eigenvalue weighted by molar-refractivity contribution is -0.00767. The largest absolute Gasteiger partial charge is 0.381 e. The average molecular weight is 547 g/mol. The Hall–Kier alpha value is -4.23. The number of carbonyl (C=O) groups is 1. The van der Waals surface area contributed by atoms with Crippen LogP contribution in [-0.4, -0.2) is 49.7 Å². The van der Waals surface area contributed by atoms with Crippen LogP contribution in [0, 0.1) is 6.92 Å². The lowest BCUT2D eigenvalue weighted by Crippen LogP contribution is -2.61. The number of hydrogen-bond donors (Lipinski definition) is 2. The second-order valence-electron chi connectivity index (χ2n) is 12.6. The molecule has 5 aromatic rings. The molecular weight excluding hydrogens is 508 g/mol. The Morgan fingerprint density at radius 1 is 0.976 bits per heavy atom. The molecule has 7 nitrogen and oxygen atoms in total. The summed E-state index contributed by atoms with van der Waals surface area (Å²) in [5.74, 6) is -0.446. The van der Waals surface area contributed by atoms with Crippen LogP contribution in [0.5, 0.6) is 0 Å². The van der Waals surface area contributed by atoms with Gasteiger partial charge in [-0.15, -0.1) is 0 Å². The summed E-state index contributed by atoms with van der Waals surface area (Å²) in [6.45, 7) is 11.1. The number of para-hydroxylation sites is 1. The van der Waals surface area contributed by atoms with Crippen molar-refractivity contribution in [3.8, 4) is 16.8 Å². The predicted octanol–water partition coefficient (Wildman–Crippen LogP) is 6.71.